The number of aliphatic imine (C=N–C) groups is 1. The molecule has 0 aliphatic carbocycles. The number of hydrogen-bond donors (Lipinski definition) is 3. The second-order valence-electron chi connectivity index (χ2n) is 6.39. The molecule has 1 amide bonds. The Labute approximate surface area is 200 Å². The van der Waals surface area contributed by atoms with Crippen LogP contribution in [0.3, 0.4) is 0 Å². The molecule has 0 aliphatic heterocycles. The zero-order valence-electron chi connectivity index (χ0n) is 17.4. The van der Waals surface area contributed by atoms with Crippen molar-refractivity contribution in [3.8, 4) is 5.75 Å². The quantitative estimate of drug-likeness (QED) is 0.242. The molecule has 0 saturated heterocycles. The first-order chi connectivity index (χ1) is 14.1. The first-order valence-electron chi connectivity index (χ1n) is 9.85. The topological polar surface area (TPSA) is 74.8 Å². The summed E-state index contributed by atoms with van der Waals surface area (Å²) >= 11 is 5.92. The first kappa shape index (κ1) is 26.0. The van der Waals surface area contributed by atoms with Crippen molar-refractivity contribution in [3.05, 3.63) is 64.7 Å². The Balaban J connectivity index is 0.00000450. The van der Waals surface area contributed by atoms with Crippen LogP contribution in [0.2, 0.25) is 5.02 Å². The molecule has 164 valence electrons. The van der Waals surface area contributed by atoms with Crippen molar-refractivity contribution in [1.29, 1.82) is 0 Å². The van der Waals surface area contributed by atoms with Crippen LogP contribution in [0.5, 0.6) is 5.75 Å². The van der Waals surface area contributed by atoms with Crippen molar-refractivity contribution in [2.45, 2.75) is 26.8 Å². The number of rotatable bonds is 10. The Kier molecular flexibility index (Phi) is 12.9. The summed E-state index contributed by atoms with van der Waals surface area (Å²) in [5, 5.41) is 10.0. The molecule has 0 aliphatic rings. The Hall–Kier alpha value is -2.00. The second-order valence-corrected chi connectivity index (χ2v) is 6.82. The van der Waals surface area contributed by atoms with E-state index in [9.17, 15) is 4.79 Å². The van der Waals surface area contributed by atoms with Gasteiger partial charge in [0.1, 0.15) is 5.75 Å². The highest BCUT2D eigenvalue weighted by Crippen LogP contribution is 2.14. The van der Waals surface area contributed by atoms with Gasteiger partial charge in [-0.3, -0.25) is 4.79 Å². The number of carbonyl (C=O) groups is 1. The molecule has 2 rings (SSSR count). The largest absolute Gasteiger partial charge is 0.484 e. The van der Waals surface area contributed by atoms with Gasteiger partial charge >= 0.3 is 0 Å². The summed E-state index contributed by atoms with van der Waals surface area (Å²) in [6.07, 6.45) is 0.880. The fourth-order valence-corrected chi connectivity index (χ4v) is 2.75. The summed E-state index contributed by atoms with van der Waals surface area (Å²) in [4.78, 5) is 16.2. The molecule has 0 radical (unpaired) electrons. The fraction of sp³-hybridized carbons (Fsp3) is 0.364. The van der Waals surface area contributed by atoms with Gasteiger partial charge in [0.25, 0.3) is 5.91 Å². The zero-order valence-corrected chi connectivity index (χ0v) is 20.5. The number of guanidine groups is 1. The summed E-state index contributed by atoms with van der Waals surface area (Å²) in [5.41, 5.74) is 2.23. The number of nitrogens with zero attached hydrogens (tertiary/aromatic N) is 1. The highest BCUT2D eigenvalue weighted by atomic mass is 127. The molecular formula is C22H30ClIN4O2. The third-order valence-electron chi connectivity index (χ3n) is 4.03. The summed E-state index contributed by atoms with van der Waals surface area (Å²) in [6.45, 7) is 6.57. The van der Waals surface area contributed by atoms with Gasteiger partial charge in [0.15, 0.2) is 12.6 Å². The van der Waals surface area contributed by atoms with Crippen molar-refractivity contribution >= 4 is 47.4 Å². The van der Waals surface area contributed by atoms with Crippen LogP contribution < -0.4 is 20.7 Å². The number of benzene rings is 2. The normalized spacial score (nSPS) is 10.7. The number of hydrogen-bond acceptors (Lipinski definition) is 3. The minimum absolute atomic E-state index is 0. The lowest BCUT2D eigenvalue weighted by atomic mass is 10.1. The van der Waals surface area contributed by atoms with Crippen LogP contribution in [0.25, 0.3) is 0 Å². The Morgan fingerprint density at radius 2 is 1.73 bits per heavy atom. The van der Waals surface area contributed by atoms with Crippen LogP contribution in [-0.4, -0.2) is 38.1 Å². The number of ether oxygens (including phenoxy) is 1. The van der Waals surface area contributed by atoms with Gasteiger partial charge in [0.2, 0.25) is 0 Å². The van der Waals surface area contributed by atoms with E-state index in [0.717, 1.165) is 36.1 Å². The summed E-state index contributed by atoms with van der Waals surface area (Å²) in [5.74, 6) is 1.29. The van der Waals surface area contributed by atoms with Crippen molar-refractivity contribution in [2.75, 3.05) is 26.2 Å². The van der Waals surface area contributed by atoms with E-state index in [1.54, 1.807) is 0 Å². The second kappa shape index (κ2) is 14.9. The zero-order chi connectivity index (χ0) is 20.9. The van der Waals surface area contributed by atoms with E-state index in [2.05, 4.69) is 20.9 Å². The minimum atomic E-state index is -0.129. The summed E-state index contributed by atoms with van der Waals surface area (Å²) in [7, 11) is 0. The van der Waals surface area contributed by atoms with E-state index < -0.39 is 0 Å². The molecule has 0 aromatic heterocycles. The molecule has 0 heterocycles. The molecular weight excluding hydrogens is 515 g/mol. The van der Waals surface area contributed by atoms with Gasteiger partial charge < -0.3 is 20.7 Å². The van der Waals surface area contributed by atoms with E-state index in [0.29, 0.717) is 18.8 Å². The Morgan fingerprint density at radius 1 is 1.00 bits per heavy atom. The van der Waals surface area contributed by atoms with E-state index in [1.807, 2.05) is 62.4 Å². The average Bonchev–Trinajstić information content (AvgIpc) is 2.72. The van der Waals surface area contributed by atoms with Crippen molar-refractivity contribution in [3.63, 3.8) is 0 Å². The van der Waals surface area contributed by atoms with Crippen LogP contribution in [-0.2, 0) is 17.8 Å². The molecule has 0 spiro atoms. The van der Waals surface area contributed by atoms with Gasteiger partial charge in [-0.25, -0.2) is 4.99 Å². The van der Waals surface area contributed by atoms with Gasteiger partial charge in [0.05, 0.1) is 6.54 Å². The number of carbonyl (C=O) groups excluding carboxylic acids is 1. The molecule has 6 nitrogen and oxygen atoms in total. The SMILES string of the molecule is CCNC(=O)COc1cccc(CN=C(NCC)NCCc2ccc(Cl)cc2)c1.I. The number of halogens is 2. The van der Waals surface area contributed by atoms with Gasteiger partial charge in [-0.15, -0.1) is 24.0 Å². The van der Waals surface area contributed by atoms with Crippen LogP contribution in [0.1, 0.15) is 25.0 Å². The molecule has 30 heavy (non-hydrogen) atoms. The predicted molar refractivity (Wildman–Crippen MR) is 134 cm³/mol. The molecule has 0 atom stereocenters. The lowest BCUT2D eigenvalue weighted by Gasteiger charge is -2.12. The predicted octanol–water partition coefficient (Wildman–Crippen LogP) is 3.77. The fourth-order valence-electron chi connectivity index (χ4n) is 2.62. The van der Waals surface area contributed by atoms with E-state index in [1.165, 1.54) is 5.56 Å². The smallest absolute Gasteiger partial charge is 0.257 e. The third-order valence-corrected chi connectivity index (χ3v) is 4.28. The summed E-state index contributed by atoms with van der Waals surface area (Å²) in [6, 6.07) is 15.5. The molecule has 2 aromatic carbocycles. The number of likely N-dealkylation sites (N-methyl/N-ethyl adjacent to an activating group) is 1. The summed E-state index contributed by atoms with van der Waals surface area (Å²) < 4.78 is 5.54. The monoisotopic (exact) mass is 544 g/mol. The maximum Gasteiger partial charge on any atom is 0.257 e. The molecule has 8 heteroatoms. The molecule has 0 bridgehead atoms. The Morgan fingerprint density at radius 3 is 2.43 bits per heavy atom. The van der Waals surface area contributed by atoms with Gasteiger partial charge in [0, 0.05) is 24.7 Å². The lowest BCUT2D eigenvalue weighted by molar-refractivity contribution is -0.122. The van der Waals surface area contributed by atoms with E-state index in [-0.39, 0.29) is 36.5 Å². The first-order valence-corrected chi connectivity index (χ1v) is 10.2. The molecule has 3 N–H and O–H groups in total. The van der Waals surface area contributed by atoms with Gasteiger partial charge in [-0.2, -0.15) is 0 Å². The van der Waals surface area contributed by atoms with E-state index in [4.69, 9.17) is 16.3 Å². The van der Waals surface area contributed by atoms with Crippen LogP contribution in [0, 0.1) is 0 Å². The number of nitrogens with one attached hydrogen (secondary N) is 3. The van der Waals surface area contributed by atoms with Crippen LogP contribution in [0.4, 0.5) is 0 Å². The lowest BCUT2D eigenvalue weighted by Crippen LogP contribution is -2.38. The van der Waals surface area contributed by atoms with Gasteiger partial charge in [-0.05, 0) is 55.7 Å². The van der Waals surface area contributed by atoms with Gasteiger partial charge in [-0.1, -0.05) is 35.9 Å². The van der Waals surface area contributed by atoms with Crippen molar-refractivity contribution in [2.24, 2.45) is 4.99 Å². The molecule has 0 unspecified atom stereocenters. The minimum Gasteiger partial charge on any atom is -0.484 e. The maximum atomic E-state index is 11.5. The standard InChI is InChI=1S/C22H29ClN4O2.HI/c1-3-24-21(28)16-29-20-7-5-6-18(14-20)15-27-22(25-4-2)26-13-12-17-8-10-19(23)11-9-17;/h5-11,14H,3-4,12-13,15-16H2,1-2H3,(H,24,28)(H2,25,26,27);1H. The van der Waals surface area contributed by atoms with E-state index >= 15 is 0 Å². The molecule has 0 fully saturated rings. The average molecular weight is 545 g/mol. The maximum absolute atomic E-state index is 11.5. The van der Waals surface area contributed by atoms with Crippen molar-refractivity contribution < 1.29 is 9.53 Å². The molecule has 0 saturated carbocycles. The van der Waals surface area contributed by atoms with Crippen LogP contribution in [0.15, 0.2) is 53.5 Å². The highest BCUT2D eigenvalue weighted by Gasteiger charge is 2.03. The van der Waals surface area contributed by atoms with Crippen molar-refractivity contribution in [1.82, 2.24) is 16.0 Å². The van der Waals surface area contributed by atoms with Crippen LogP contribution >= 0.6 is 35.6 Å². The molecule has 2 aromatic rings. The number of amides is 1. The Bertz CT molecular complexity index is 800. The third kappa shape index (κ3) is 10.2. The highest BCUT2D eigenvalue weighted by molar-refractivity contribution is 14.0.